The second-order valence-electron chi connectivity index (χ2n) is 5.85. The third kappa shape index (κ3) is 5.83. The van der Waals surface area contributed by atoms with E-state index < -0.39 is 5.54 Å². The highest BCUT2D eigenvalue weighted by atomic mass is 35.5. The predicted octanol–water partition coefficient (Wildman–Crippen LogP) is 2.16. The molecule has 0 aromatic heterocycles. The van der Waals surface area contributed by atoms with Crippen molar-refractivity contribution in [1.29, 1.82) is 0 Å². The van der Waals surface area contributed by atoms with Crippen molar-refractivity contribution in [2.75, 3.05) is 7.11 Å². The first-order valence-corrected chi connectivity index (χ1v) is 7.60. The monoisotopic (exact) mass is 320 g/mol. The second-order valence-corrected chi connectivity index (χ2v) is 5.85. The van der Waals surface area contributed by atoms with Crippen molar-refractivity contribution in [3.63, 3.8) is 0 Å². The Morgan fingerprint density at radius 2 is 1.90 bits per heavy atom. The van der Waals surface area contributed by atoms with Crippen molar-refractivity contribution in [3.05, 3.63) is 0 Å². The highest BCUT2D eigenvalue weighted by Gasteiger charge is 2.34. The van der Waals surface area contributed by atoms with E-state index in [9.17, 15) is 9.59 Å². The van der Waals surface area contributed by atoms with Crippen molar-refractivity contribution in [1.82, 2.24) is 5.32 Å². The molecule has 1 rings (SSSR count). The van der Waals surface area contributed by atoms with Crippen LogP contribution in [0.3, 0.4) is 0 Å². The number of rotatable bonds is 6. The second kappa shape index (κ2) is 9.26. The van der Waals surface area contributed by atoms with Crippen LogP contribution in [0.1, 0.15) is 58.8 Å². The van der Waals surface area contributed by atoms with E-state index in [1.807, 2.05) is 13.8 Å². The molecule has 0 aromatic rings. The molecule has 2 atom stereocenters. The summed E-state index contributed by atoms with van der Waals surface area (Å²) in [7, 11) is 1.38. The van der Waals surface area contributed by atoms with Crippen molar-refractivity contribution >= 4 is 24.3 Å². The molecule has 5 nitrogen and oxygen atoms in total. The Kier molecular flexibility index (Phi) is 8.90. The van der Waals surface area contributed by atoms with Crippen LogP contribution in [0.4, 0.5) is 0 Å². The zero-order valence-corrected chi connectivity index (χ0v) is 14.1. The maximum Gasteiger partial charge on any atom is 0.307 e. The molecule has 21 heavy (non-hydrogen) atoms. The molecule has 0 heterocycles. The van der Waals surface area contributed by atoms with E-state index in [2.05, 4.69) is 5.32 Å². The molecule has 1 aliphatic rings. The van der Waals surface area contributed by atoms with Gasteiger partial charge in [-0.2, -0.15) is 0 Å². The number of amides is 1. The third-order valence-electron chi connectivity index (χ3n) is 4.54. The molecule has 2 unspecified atom stereocenters. The van der Waals surface area contributed by atoms with Gasteiger partial charge in [0.25, 0.3) is 0 Å². The predicted molar refractivity (Wildman–Crippen MR) is 85.3 cm³/mol. The van der Waals surface area contributed by atoms with Gasteiger partial charge in [0.05, 0.1) is 13.5 Å². The number of carbonyl (C=O) groups is 2. The average molecular weight is 321 g/mol. The van der Waals surface area contributed by atoms with Crippen molar-refractivity contribution in [3.8, 4) is 0 Å². The topological polar surface area (TPSA) is 81.4 Å². The molecule has 0 bridgehead atoms. The third-order valence-corrected chi connectivity index (χ3v) is 4.54. The molecule has 1 fully saturated rings. The maximum absolute atomic E-state index is 12.4. The summed E-state index contributed by atoms with van der Waals surface area (Å²) < 4.78 is 4.74. The number of methoxy groups -OCH3 is 1. The molecule has 0 radical (unpaired) electrons. The van der Waals surface area contributed by atoms with Gasteiger partial charge in [-0.15, -0.1) is 12.4 Å². The van der Waals surface area contributed by atoms with Crippen LogP contribution in [0.25, 0.3) is 0 Å². The van der Waals surface area contributed by atoms with Gasteiger partial charge in [-0.3, -0.25) is 9.59 Å². The van der Waals surface area contributed by atoms with Crippen molar-refractivity contribution < 1.29 is 14.3 Å². The summed E-state index contributed by atoms with van der Waals surface area (Å²) in [6.45, 7) is 3.97. The molecule has 0 aromatic carbocycles. The van der Waals surface area contributed by atoms with E-state index in [4.69, 9.17) is 10.5 Å². The molecule has 1 saturated carbocycles. The van der Waals surface area contributed by atoms with E-state index in [0.29, 0.717) is 12.8 Å². The van der Waals surface area contributed by atoms with Crippen LogP contribution in [0.5, 0.6) is 0 Å². The Hall–Kier alpha value is -0.810. The summed E-state index contributed by atoms with van der Waals surface area (Å²) in [6, 6.07) is 0.123. The summed E-state index contributed by atoms with van der Waals surface area (Å²) in [6.07, 6.45) is 5.28. The Labute approximate surface area is 133 Å². The molecular weight excluding hydrogens is 292 g/mol. The summed E-state index contributed by atoms with van der Waals surface area (Å²) in [5.74, 6) is -0.268. The lowest BCUT2D eigenvalue weighted by molar-refractivity contribution is -0.143. The van der Waals surface area contributed by atoms with Gasteiger partial charge >= 0.3 is 5.97 Å². The fourth-order valence-electron chi connectivity index (χ4n) is 2.90. The molecular formula is C15H29ClN2O3. The summed E-state index contributed by atoms with van der Waals surface area (Å²) in [4.78, 5) is 24.0. The summed E-state index contributed by atoms with van der Waals surface area (Å²) >= 11 is 0. The minimum atomic E-state index is -0.494. The number of esters is 1. The zero-order valence-electron chi connectivity index (χ0n) is 13.3. The minimum Gasteiger partial charge on any atom is -0.469 e. The number of ether oxygens (including phenoxy) is 1. The first-order valence-electron chi connectivity index (χ1n) is 7.60. The number of nitrogens with one attached hydrogen (secondary N) is 1. The number of carbonyl (C=O) groups excluding carboxylic acids is 2. The van der Waals surface area contributed by atoms with Crippen LogP contribution in [0, 0.1) is 5.92 Å². The number of nitrogens with two attached hydrogens (primary N) is 1. The molecule has 0 aliphatic heterocycles. The Bertz CT molecular complexity index is 346. The Morgan fingerprint density at radius 3 is 2.38 bits per heavy atom. The first kappa shape index (κ1) is 20.2. The smallest absolute Gasteiger partial charge is 0.307 e. The molecule has 3 N–H and O–H groups in total. The van der Waals surface area contributed by atoms with Crippen molar-refractivity contribution in [2.45, 2.75) is 70.4 Å². The molecule has 6 heteroatoms. The van der Waals surface area contributed by atoms with Gasteiger partial charge in [0.2, 0.25) is 5.91 Å². The van der Waals surface area contributed by atoms with Crippen LogP contribution < -0.4 is 11.1 Å². The van der Waals surface area contributed by atoms with Gasteiger partial charge in [0.15, 0.2) is 0 Å². The van der Waals surface area contributed by atoms with Gasteiger partial charge in [0.1, 0.15) is 0 Å². The van der Waals surface area contributed by atoms with Crippen LogP contribution in [0.15, 0.2) is 0 Å². The van der Waals surface area contributed by atoms with E-state index in [1.165, 1.54) is 7.11 Å². The lowest BCUT2D eigenvalue weighted by Crippen LogP contribution is -2.52. The molecule has 124 valence electrons. The Morgan fingerprint density at radius 1 is 1.29 bits per heavy atom. The van der Waals surface area contributed by atoms with Gasteiger partial charge in [0, 0.05) is 17.5 Å². The minimum absolute atomic E-state index is 0. The number of hydrogen-bond donors (Lipinski definition) is 2. The zero-order chi connectivity index (χ0) is 15.2. The van der Waals surface area contributed by atoms with Gasteiger partial charge < -0.3 is 15.8 Å². The standard InChI is InChI=1S/C15H28N2O3.ClH/c1-4-15(5-2,10-13(18)20-3)17-14(19)11-7-6-8-12(16)9-11;/h11-12H,4-10,16H2,1-3H3,(H,17,19);1H. The lowest BCUT2D eigenvalue weighted by Gasteiger charge is -2.35. The SMILES string of the molecule is CCC(CC)(CC(=O)OC)NC(=O)C1CCCC(N)C1.Cl. The van der Waals surface area contributed by atoms with Crippen LogP contribution >= 0.6 is 12.4 Å². The van der Waals surface area contributed by atoms with E-state index in [1.54, 1.807) is 0 Å². The first-order chi connectivity index (χ1) is 9.46. The quantitative estimate of drug-likeness (QED) is 0.735. The highest BCUT2D eigenvalue weighted by Crippen LogP contribution is 2.26. The normalized spacial score (nSPS) is 22.1. The summed E-state index contributed by atoms with van der Waals surface area (Å²) in [5, 5.41) is 3.09. The van der Waals surface area contributed by atoms with E-state index >= 15 is 0 Å². The van der Waals surface area contributed by atoms with Crippen LogP contribution in [0.2, 0.25) is 0 Å². The molecule has 1 aliphatic carbocycles. The fourth-order valence-corrected chi connectivity index (χ4v) is 2.90. The van der Waals surface area contributed by atoms with E-state index in [0.717, 1.165) is 25.7 Å². The lowest BCUT2D eigenvalue weighted by atomic mass is 9.83. The van der Waals surface area contributed by atoms with Gasteiger partial charge in [-0.05, 0) is 32.1 Å². The van der Waals surface area contributed by atoms with E-state index in [-0.39, 0.29) is 42.7 Å². The van der Waals surface area contributed by atoms with Gasteiger partial charge in [-0.25, -0.2) is 0 Å². The average Bonchev–Trinajstić information content (AvgIpc) is 2.46. The molecule has 0 spiro atoms. The summed E-state index contributed by atoms with van der Waals surface area (Å²) in [5.41, 5.74) is 5.45. The van der Waals surface area contributed by atoms with Gasteiger partial charge in [-0.1, -0.05) is 20.3 Å². The Balaban J connectivity index is 0.00000400. The molecule has 1 amide bonds. The number of halogens is 1. The molecule has 0 saturated heterocycles. The number of hydrogen-bond acceptors (Lipinski definition) is 4. The largest absolute Gasteiger partial charge is 0.469 e. The van der Waals surface area contributed by atoms with Crippen LogP contribution in [-0.2, 0) is 14.3 Å². The highest BCUT2D eigenvalue weighted by molar-refractivity contribution is 5.85. The maximum atomic E-state index is 12.4. The fraction of sp³-hybridized carbons (Fsp3) is 0.867. The van der Waals surface area contributed by atoms with Crippen molar-refractivity contribution in [2.24, 2.45) is 11.7 Å². The van der Waals surface area contributed by atoms with Crippen LogP contribution in [-0.4, -0.2) is 30.6 Å².